The SMILES string of the molecule is NC(=NC=Cc1ccc(Cl)c(Cl)c1)C1CC1. The highest BCUT2D eigenvalue weighted by molar-refractivity contribution is 6.42. The topological polar surface area (TPSA) is 38.4 Å². The van der Waals surface area contributed by atoms with Crippen LogP contribution in [0, 0.1) is 5.92 Å². The molecule has 0 spiro atoms. The summed E-state index contributed by atoms with van der Waals surface area (Å²) >= 11 is 11.7. The molecule has 16 heavy (non-hydrogen) atoms. The molecule has 1 aliphatic rings. The maximum Gasteiger partial charge on any atom is 0.102 e. The predicted molar refractivity (Wildman–Crippen MR) is 69.8 cm³/mol. The van der Waals surface area contributed by atoms with E-state index in [4.69, 9.17) is 28.9 Å². The third-order valence-electron chi connectivity index (χ3n) is 2.43. The van der Waals surface area contributed by atoms with Gasteiger partial charge in [0.1, 0.15) is 5.84 Å². The molecule has 1 aliphatic carbocycles. The van der Waals surface area contributed by atoms with Crippen LogP contribution in [0.25, 0.3) is 6.08 Å². The lowest BCUT2D eigenvalue weighted by Gasteiger charge is -1.97. The molecule has 2 N–H and O–H groups in total. The van der Waals surface area contributed by atoms with E-state index in [2.05, 4.69) is 4.99 Å². The summed E-state index contributed by atoms with van der Waals surface area (Å²) in [7, 11) is 0. The van der Waals surface area contributed by atoms with Crippen LogP contribution in [0.2, 0.25) is 10.0 Å². The third-order valence-corrected chi connectivity index (χ3v) is 3.17. The van der Waals surface area contributed by atoms with Crippen molar-refractivity contribution >= 4 is 35.1 Å². The van der Waals surface area contributed by atoms with E-state index < -0.39 is 0 Å². The molecule has 0 bridgehead atoms. The minimum Gasteiger partial charge on any atom is -0.387 e. The molecule has 0 radical (unpaired) electrons. The predicted octanol–water partition coefficient (Wildman–Crippen LogP) is 3.73. The zero-order chi connectivity index (χ0) is 11.5. The standard InChI is InChI=1S/C12H12Cl2N2/c13-10-4-1-8(7-11(10)14)5-6-16-12(15)9-2-3-9/h1,4-7,9H,2-3H2,(H2,15,16). The van der Waals surface area contributed by atoms with Gasteiger partial charge in [-0.25, -0.2) is 4.99 Å². The van der Waals surface area contributed by atoms with Crippen LogP contribution in [0.1, 0.15) is 18.4 Å². The Morgan fingerprint density at radius 2 is 2.06 bits per heavy atom. The maximum atomic E-state index is 5.89. The first kappa shape index (κ1) is 11.5. The zero-order valence-electron chi connectivity index (χ0n) is 8.66. The van der Waals surface area contributed by atoms with Gasteiger partial charge in [0.05, 0.1) is 10.0 Å². The molecule has 0 aromatic heterocycles. The molecule has 1 aromatic carbocycles. The maximum absolute atomic E-state index is 5.89. The van der Waals surface area contributed by atoms with E-state index in [-0.39, 0.29) is 0 Å². The molecule has 1 saturated carbocycles. The van der Waals surface area contributed by atoms with Crippen molar-refractivity contribution in [2.75, 3.05) is 0 Å². The van der Waals surface area contributed by atoms with E-state index in [1.54, 1.807) is 18.3 Å². The lowest BCUT2D eigenvalue weighted by atomic mass is 10.2. The van der Waals surface area contributed by atoms with E-state index >= 15 is 0 Å². The highest BCUT2D eigenvalue weighted by Gasteiger charge is 2.24. The van der Waals surface area contributed by atoms with Crippen molar-refractivity contribution in [3.05, 3.63) is 40.0 Å². The Morgan fingerprint density at radius 1 is 1.31 bits per heavy atom. The summed E-state index contributed by atoms with van der Waals surface area (Å²) in [5.74, 6) is 1.22. The molecule has 0 heterocycles. The van der Waals surface area contributed by atoms with Crippen LogP contribution in [-0.4, -0.2) is 5.84 Å². The normalized spacial score (nSPS) is 17.0. The first-order chi connectivity index (χ1) is 7.66. The molecule has 0 unspecified atom stereocenters. The summed E-state index contributed by atoms with van der Waals surface area (Å²) < 4.78 is 0. The molecule has 2 nitrogen and oxygen atoms in total. The van der Waals surface area contributed by atoms with Gasteiger partial charge in [-0.2, -0.15) is 0 Å². The fraction of sp³-hybridized carbons (Fsp3) is 0.250. The number of rotatable bonds is 3. The van der Waals surface area contributed by atoms with Crippen molar-refractivity contribution in [2.24, 2.45) is 16.6 Å². The van der Waals surface area contributed by atoms with Gasteiger partial charge in [0.2, 0.25) is 0 Å². The number of hydrogen-bond donors (Lipinski definition) is 1. The first-order valence-electron chi connectivity index (χ1n) is 5.11. The molecule has 0 atom stereocenters. The molecule has 0 aliphatic heterocycles. The van der Waals surface area contributed by atoms with E-state index in [1.165, 1.54) is 0 Å². The quantitative estimate of drug-likeness (QED) is 0.648. The van der Waals surface area contributed by atoms with Crippen LogP contribution in [0.15, 0.2) is 29.4 Å². The minimum atomic E-state index is 0.499. The number of halogens is 2. The van der Waals surface area contributed by atoms with Gasteiger partial charge < -0.3 is 5.73 Å². The van der Waals surface area contributed by atoms with Gasteiger partial charge in [-0.3, -0.25) is 0 Å². The molecule has 0 saturated heterocycles. The Morgan fingerprint density at radius 3 is 2.69 bits per heavy atom. The van der Waals surface area contributed by atoms with E-state index in [0.29, 0.717) is 16.0 Å². The van der Waals surface area contributed by atoms with E-state index in [1.807, 2.05) is 12.1 Å². The highest BCUT2D eigenvalue weighted by atomic mass is 35.5. The number of nitrogens with two attached hydrogens (primary N) is 1. The Hall–Kier alpha value is -0.990. The molecule has 2 rings (SSSR count). The number of amidine groups is 1. The summed E-state index contributed by atoms with van der Waals surface area (Å²) in [5, 5.41) is 1.10. The highest BCUT2D eigenvalue weighted by Crippen LogP contribution is 2.28. The smallest absolute Gasteiger partial charge is 0.102 e. The second-order valence-electron chi connectivity index (χ2n) is 3.82. The third kappa shape index (κ3) is 3.00. The van der Waals surface area contributed by atoms with Crippen molar-refractivity contribution in [2.45, 2.75) is 12.8 Å². The molecule has 1 fully saturated rings. The summed E-state index contributed by atoms with van der Waals surface area (Å²) in [6.07, 6.45) is 5.89. The van der Waals surface area contributed by atoms with Crippen LogP contribution in [0.3, 0.4) is 0 Å². The van der Waals surface area contributed by atoms with Crippen LogP contribution in [0.5, 0.6) is 0 Å². The number of aliphatic imine (C=N–C) groups is 1. The van der Waals surface area contributed by atoms with Crippen LogP contribution < -0.4 is 5.73 Å². The summed E-state index contributed by atoms with van der Waals surface area (Å²) in [4.78, 5) is 4.17. The van der Waals surface area contributed by atoms with Gasteiger partial charge in [-0.1, -0.05) is 29.3 Å². The molecule has 84 valence electrons. The van der Waals surface area contributed by atoms with Gasteiger partial charge in [0.15, 0.2) is 0 Å². The number of benzene rings is 1. The molecular formula is C12H12Cl2N2. The van der Waals surface area contributed by atoms with Crippen molar-refractivity contribution in [1.82, 2.24) is 0 Å². The van der Waals surface area contributed by atoms with Crippen LogP contribution >= 0.6 is 23.2 Å². The van der Waals surface area contributed by atoms with Crippen LogP contribution in [-0.2, 0) is 0 Å². The summed E-state index contributed by atoms with van der Waals surface area (Å²) in [5.41, 5.74) is 6.71. The van der Waals surface area contributed by atoms with Crippen molar-refractivity contribution < 1.29 is 0 Å². The molecule has 4 heteroatoms. The van der Waals surface area contributed by atoms with Gasteiger partial charge in [-0.05, 0) is 36.6 Å². The summed E-state index contributed by atoms with van der Waals surface area (Å²) in [6, 6.07) is 5.44. The Bertz CT molecular complexity index is 448. The monoisotopic (exact) mass is 254 g/mol. The van der Waals surface area contributed by atoms with E-state index in [9.17, 15) is 0 Å². The molecular weight excluding hydrogens is 243 g/mol. The van der Waals surface area contributed by atoms with Crippen molar-refractivity contribution in [3.63, 3.8) is 0 Å². The van der Waals surface area contributed by atoms with Crippen LogP contribution in [0.4, 0.5) is 0 Å². The zero-order valence-corrected chi connectivity index (χ0v) is 10.2. The van der Waals surface area contributed by atoms with Crippen molar-refractivity contribution in [1.29, 1.82) is 0 Å². The van der Waals surface area contributed by atoms with Gasteiger partial charge >= 0.3 is 0 Å². The lowest BCUT2D eigenvalue weighted by Crippen LogP contribution is -2.12. The average molecular weight is 255 g/mol. The van der Waals surface area contributed by atoms with Gasteiger partial charge in [0, 0.05) is 12.1 Å². The number of nitrogens with zero attached hydrogens (tertiary/aromatic N) is 1. The van der Waals surface area contributed by atoms with E-state index in [0.717, 1.165) is 24.2 Å². The fourth-order valence-corrected chi connectivity index (χ4v) is 1.62. The lowest BCUT2D eigenvalue weighted by molar-refractivity contribution is 1.15. The first-order valence-corrected chi connectivity index (χ1v) is 5.87. The average Bonchev–Trinajstić information content (AvgIpc) is 3.07. The molecule has 1 aromatic rings. The van der Waals surface area contributed by atoms with Gasteiger partial charge in [-0.15, -0.1) is 0 Å². The minimum absolute atomic E-state index is 0.499. The van der Waals surface area contributed by atoms with Gasteiger partial charge in [0.25, 0.3) is 0 Å². The Labute approximate surface area is 105 Å². The molecule has 0 amide bonds. The largest absolute Gasteiger partial charge is 0.387 e. The fourth-order valence-electron chi connectivity index (χ4n) is 1.31. The number of hydrogen-bond acceptors (Lipinski definition) is 1. The second kappa shape index (κ2) is 4.89. The Kier molecular flexibility index (Phi) is 3.52. The second-order valence-corrected chi connectivity index (χ2v) is 4.63. The van der Waals surface area contributed by atoms with Crippen molar-refractivity contribution in [3.8, 4) is 0 Å². The Balaban J connectivity index is 2.05. The summed E-state index contributed by atoms with van der Waals surface area (Å²) in [6.45, 7) is 0.